The highest BCUT2D eigenvalue weighted by molar-refractivity contribution is 5.94. The Morgan fingerprint density at radius 1 is 1.12 bits per heavy atom. The minimum atomic E-state index is -0.164. The lowest BCUT2D eigenvalue weighted by molar-refractivity contribution is 0.123. The maximum Gasteiger partial charge on any atom is 0.266 e. The number of nitrogens with one attached hydrogen (secondary N) is 1. The Kier molecular flexibility index (Phi) is 5.67. The molecule has 0 bridgehead atoms. The van der Waals surface area contributed by atoms with E-state index in [-0.39, 0.29) is 17.7 Å². The Balaban J connectivity index is 1.42. The Morgan fingerprint density at radius 3 is 2.68 bits per heavy atom. The smallest absolute Gasteiger partial charge is 0.266 e. The van der Waals surface area contributed by atoms with E-state index in [0.29, 0.717) is 11.4 Å². The fourth-order valence-corrected chi connectivity index (χ4v) is 4.41. The predicted octanol–water partition coefficient (Wildman–Crippen LogP) is 3.06. The van der Waals surface area contributed by atoms with Crippen molar-refractivity contribution in [2.45, 2.75) is 37.8 Å². The van der Waals surface area contributed by atoms with Gasteiger partial charge in [-0.05, 0) is 31.7 Å². The van der Waals surface area contributed by atoms with E-state index in [1.807, 2.05) is 19.3 Å². The molecule has 0 saturated heterocycles. The minimum Gasteiger partial charge on any atom is -0.473 e. The van der Waals surface area contributed by atoms with Crippen molar-refractivity contribution in [3.63, 3.8) is 0 Å². The maximum absolute atomic E-state index is 11.6. The van der Waals surface area contributed by atoms with Crippen LogP contribution < -0.4 is 15.6 Å². The fraction of sp³-hybridized carbons (Fsp3) is 0.333. The summed E-state index contributed by atoms with van der Waals surface area (Å²) in [4.78, 5) is 20.3. The van der Waals surface area contributed by atoms with Gasteiger partial charge >= 0.3 is 0 Å². The maximum atomic E-state index is 11.6. The summed E-state index contributed by atoms with van der Waals surface area (Å²) >= 11 is 0. The molecule has 10 nitrogen and oxygen atoms in total. The van der Waals surface area contributed by atoms with Gasteiger partial charge in [0.2, 0.25) is 5.88 Å². The first kappa shape index (κ1) is 21.6. The van der Waals surface area contributed by atoms with Gasteiger partial charge in [0.25, 0.3) is 5.56 Å². The SMILES string of the molecule is CNc1cc2c(cn1)c(-c1cncc(C#N)c1)nn2C1CCC(Oc2ccc(=O)n(C)n2)CC1. The summed E-state index contributed by atoms with van der Waals surface area (Å²) in [6, 6.07) is 9.24. The molecule has 4 aromatic rings. The molecule has 0 atom stereocenters. The summed E-state index contributed by atoms with van der Waals surface area (Å²) in [7, 11) is 3.45. The van der Waals surface area contributed by atoms with Crippen molar-refractivity contribution < 1.29 is 4.74 Å². The number of aryl methyl sites for hydroxylation is 1. The van der Waals surface area contributed by atoms with Gasteiger partial charge in [0.05, 0.1) is 17.1 Å². The van der Waals surface area contributed by atoms with E-state index in [9.17, 15) is 10.1 Å². The highest BCUT2D eigenvalue weighted by Crippen LogP contribution is 2.36. The Hall–Kier alpha value is -4.26. The predicted molar refractivity (Wildman–Crippen MR) is 126 cm³/mol. The molecule has 0 radical (unpaired) electrons. The van der Waals surface area contributed by atoms with E-state index in [0.717, 1.165) is 53.7 Å². The van der Waals surface area contributed by atoms with Crippen molar-refractivity contribution in [1.82, 2.24) is 29.5 Å². The van der Waals surface area contributed by atoms with E-state index >= 15 is 0 Å². The standard InChI is InChI=1S/C24H24N8O2/c1-26-21-10-20-19(14-28-21)24(16-9-15(11-25)12-27-13-16)30-32(20)17-3-5-18(6-4-17)34-22-7-8-23(33)31(2)29-22/h7-10,12-14,17-18H,3-6H2,1-2H3,(H,26,28). The summed E-state index contributed by atoms with van der Waals surface area (Å²) in [6.45, 7) is 0. The van der Waals surface area contributed by atoms with Crippen molar-refractivity contribution in [2.75, 3.05) is 12.4 Å². The highest BCUT2D eigenvalue weighted by Gasteiger charge is 2.27. The molecule has 4 heterocycles. The third kappa shape index (κ3) is 4.08. The van der Waals surface area contributed by atoms with Crippen LogP contribution in [0.1, 0.15) is 37.3 Å². The second-order valence-corrected chi connectivity index (χ2v) is 8.39. The molecule has 10 heteroatoms. The first-order valence-electron chi connectivity index (χ1n) is 11.2. The Labute approximate surface area is 195 Å². The van der Waals surface area contributed by atoms with Crippen LogP contribution in [0.25, 0.3) is 22.2 Å². The number of nitrogens with zero attached hydrogens (tertiary/aromatic N) is 7. The van der Waals surface area contributed by atoms with Crippen LogP contribution >= 0.6 is 0 Å². The van der Waals surface area contributed by atoms with Crippen LogP contribution in [0.2, 0.25) is 0 Å². The number of ether oxygens (including phenoxy) is 1. The van der Waals surface area contributed by atoms with Crippen LogP contribution in [0.4, 0.5) is 5.82 Å². The lowest BCUT2D eigenvalue weighted by Crippen LogP contribution is -2.27. The number of hydrogen-bond acceptors (Lipinski definition) is 8. The summed E-state index contributed by atoms with van der Waals surface area (Å²) < 4.78 is 9.40. The number of anilines is 1. The largest absolute Gasteiger partial charge is 0.473 e. The highest BCUT2D eigenvalue weighted by atomic mass is 16.5. The number of fused-ring (bicyclic) bond motifs is 1. The van der Waals surface area contributed by atoms with E-state index in [1.165, 1.54) is 10.7 Å². The molecule has 0 unspecified atom stereocenters. The molecule has 5 rings (SSSR count). The van der Waals surface area contributed by atoms with Crippen LogP contribution in [0.15, 0.2) is 47.7 Å². The van der Waals surface area contributed by atoms with Crippen LogP contribution in [-0.4, -0.2) is 42.7 Å². The van der Waals surface area contributed by atoms with Crippen molar-refractivity contribution >= 4 is 16.7 Å². The number of rotatable bonds is 5. The Bertz CT molecular complexity index is 1440. The number of nitriles is 1. The molecule has 0 aliphatic heterocycles. The van der Waals surface area contributed by atoms with E-state index in [4.69, 9.17) is 9.84 Å². The molecule has 34 heavy (non-hydrogen) atoms. The second kappa shape index (κ2) is 8.94. The van der Waals surface area contributed by atoms with Gasteiger partial charge in [-0.2, -0.15) is 10.4 Å². The van der Waals surface area contributed by atoms with Crippen molar-refractivity contribution in [3.8, 4) is 23.2 Å². The monoisotopic (exact) mass is 456 g/mol. The zero-order valence-corrected chi connectivity index (χ0v) is 19.0. The van der Waals surface area contributed by atoms with Crippen molar-refractivity contribution in [1.29, 1.82) is 5.26 Å². The molecule has 1 saturated carbocycles. The van der Waals surface area contributed by atoms with Gasteiger partial charge in [0, 0.05) is 61.8 Å². The normalized spacial score (nSPS) is 17.9. The summed E-state index contributed by atoms with van der Waals surface area (Å²) in [5, 5.41) is 22.5. The van der Waals surface area contributed by atoms with Crippen LogP contribution in [0.3, 0.4) is 0 Å². The third-order valence-electron chi connectivity index (χ3n) is 6.20. The van der Waals surface area contributed by atoms with E-state index in [2.05, 4.69) is 31.1 Å². The average molecular weight is 457 g/mol. The molecular weight excluding hydrogens is 432 g/mol. The second-order valence-electron chi connectivity index (χ2n) is 8.39. The molecule has 1 aliphatic carbocycles. The molecule has 0 spiro atoms. The van der Waals surface area contributed by atoms with Gasteiger partial charge in [0.1, 0.15) is 23.7 Å². The molecule has 1 aliphatic rings. The van der Waals surface area contributed by atoms with Crippen molar-refractivity contribution in [3.05, 3.63) is 58.8 Å². The summed E-state index contributed by atoms with van der Waals surface area (Å²) in [6.07, 6.45) is 8.60. The summed E-state index contributed by atoms with van der Waals surface area (Å²) in [5.74, 6) is 1.23. The molecule has 1 N–H and O–H groups in total. The zero-order chi connectivity index (χ0) is 23.7. The molecule has 1 fully saturated rings. The van der Waals surface area contributed by atoms with E-state index in [1.54, 1.807) is 31.6 Å². The number of hydrogen-bond donors (Lipinski definition) is 1. The summed E-state index contributed by atoms with van der Waals surface area (Å²) in [5.41, 5.74) is 2.87. The first-order chi connectivity index (χ1) is 16.6. The average Bonchev–Trinajstić information content (AvgIpc) is 3.25. The topological polar surface area (TPSA) is 124 Å². The molecule has 4 aromatic heterocycles. The minimum absolute atomic E-state index is 0.0357. The molecule has 0 amide bonds. The molecule has 172 valence electrons. The van der Waals surface area contributed by atoms with Gasteiger partial charge in [-0.25, -0.2) is 9.67 Å². The van der Waals surface area contributed by atoms with Gasteiger partial charge in [-0.15, -0.1) is 5.10 Å². The lowest BCUT2D eigenvalue weighted by Gasteiger charge is -2.29. The van der Waals surface area contributed by atoms with Gasteiger partial charge < -0.3 is 10.1 Å². The quantitative estimate of drug-likeness (QED) is 0.486. The van der Waals surface area contributed by atoms with Gasteiger partial charge in [-0.3, -0.25) is 14.5 Å². The number of aromatic nitrogens is 6. The zero-order valence-electron chi connectivity index (χ0n) is 19.0. The van der Waals surface area contributed by atoms with Crippen LogP contribution in [0.5, 0.6) is 5.88 Å². The van der Waals surface area contributed by atoms with E-state index < -0.39 is 0 Å². The number of pyridine rings is 2. The first-order valence-corrected chi connectivity index (χ1v) is 11.2. The van der Waals surface area contributed by atoms with Crippen LogP contribution in [-0.2, 0) is 7.05 Å². The molecular formula is C24H24N8O2. The lowest BCUT2D eigenvalue weighted by atomic mass is 9.93. The van der Waals surface area contributed by atoms with Crippen molar-refractivity contribution in [2.24, 2.45) is 7.05 Å². The third-order valence-corrected chi connectivity index (χ3v) is 6.20. The molecule has 0 aromatic carbocycles. The fourth-order valence-electron chi connectivity index (χ4n) is 4.41. The van der Waals surface area contributed by atoms with Gasteiger partial charge in [-0.1, -0.05) is 0 Å². The Morgan fingerprint density at radius 2 is 1.94 bits per heavy atom. The van der Waals surface area contributed by atoms with Gasteiger partial charge in [0.15, 0.2) is 0 Å². The van der Waals surface area contributed by atoms with Crippen LogP contribution in [0, 0.1) is 11.3 Å².